The second kappa shape index (κ2) is 6.12. The minimum atomic E-state index is 0.0148. The Labute approximate surface area is 143 Å². The summed E-state index contributed by atoms with van der Waals surface area (Å²) < 4.78 is 1.77. The van der Waals surface area contributed by atoms with Crippen molar-refractivity contribution in [3.63, 3.8) is 0 Å². The summed E-state index contributed by atoms with van der Waals surface area (Å²) in [6, 6.07) is 1.84. The summed E-state index contributed by atoms with van der Waals surface area (Å²) in [5.41, 5.74) is 1.08. The maximum absolute atomic E-state index is 12.9. The average molecular weight is 340 g/mol. The van der Waals surface area contributed by atoms with Gasteiger partial charge in [0.25, 0.3) is 5.91 Å². The molecule has 1 unspecified atom stereocenters. The Morgan fingerprint density at radius 1 is 1.25 bits per heavy atom. The number of thiazole rings is 1. The molecule has 8 heteroatoms. The van der Waals surface area contributed by atoms with Crippen LogP contribution in [0.5, 0.6) is 0 Å². The summed E-state index contributed by atoms with van der Waals surface area (Å²) in [5.74, 6) is 0.563. The summed E-state index contributed by atoms with van der Waals surface area (Å²) in [5, 5.41) is 4.89. The van der Waals surface area contributed by atoms with Crippen LogP contribution in [-0.4, -0.2) is 42.1 Å². The first-order valence-corrected chi connectivity index (χ1v) is 8.57. The predicted molar refractivity (Wildman–Crippen MR) is 89.4 cm³/mol. The molecular weight excluding hydrogens is 324 g/mol. The molecule has 3 aromatic rings. The van der Waals surface area contributed by atoms with E-state index in [0.29, 0.717) is 15.7 Å². The van der Waals surface area contributed by atoms with E-state index >= 15 is 0 Å². The summed E-state index contributed by atoms with van der Waals surface area (Å²) in [4.78, 5) is 28.1. The van der Waals surface area contributed by atoms with Crippen LogP contribution in [0.25, 0.3) is 10.8 Å². The van der Waals surface area contributed by atoms with Crippen LogP contribution in [0.3, 0.4) is 0 Å². The molecule has 0 bridgehead atoms. The molecule has 122 valence electrons. The molecule has 3 aromatic heterocycles. The van der Waals surface area contributed by atoms with Crippen LogP contribution in [0.4, 0.5) is 0 Å². The Kier molecular flexibility index (Phi) is 3.81. The Balaban J connectivity index is 1.58. The van der Waals surface area contributed by atoms with Crippen LogP contribution in [0.2, 0.25) is 0 Å². The van der Waals surface area contributed by atoms with Gasteiger partial charge in [0.15, 0.2) is 10.8 Å². The standard InChI is InChI=1S/C16H16N6OS/c1-21-10-11(8-20-21)12-4-2-7-22(12)16(23)13-9-19-15(24-13)14-17-5-3-6-18-14/h3,5-6,8-10,12H,2,4,7H2,1H3. The van der Waals surface area contributed by atoms with Crippen LogP contribution >= 0.6 is 11.3 Å². The first kappa shape index (κ1) is 14.9. The van der Waals surface area contributed by atoms with Crippen molar-refractivity contribution in [2.75, 3.05) is 6.54 Å². The lowest BCUT2D eigenvalue weighted by Crippen LogP contribution is -2.29. The Bertz CT molecular complexity index is 858. The molecule has 1 amide bonds. The Morgan fingerprint density at radius 2 is 2.08 bits per heavy atom. The molecule has 0 radical (unpaired) electrons. The number of hydrogen-bond acceptors (Lipinski definition) is 6. The van der Waals surface area contributed by atoms with E-state index in [1.807, 2.05) is 24.3 Å². The molecule has 1 atom stereocenters. The number of rotatable bonds is 3. The number of hydrogen-bond donors (Lipinski definition) is 0. The molecule has 0 aromatic carbocycles. The van der Waals surface area contributed by atoms with Crippen LogP contribution < -0.4 is 0 Å². The number of aryl methyl sites for hydroxylation is 1. The van der Waals surface area contributed by atoms with Crippen molar-refractivity contribution in [2.45, 2.75) is 18.9 Å². The monoisotopic (exact) mass is 340 g/mol. The number of nitrogens with zero attached hydrogens (tertiary/aromatic N) is 6. The molecular formula is C16H16N6OS. The van der Waals surface area contributed by atoms with E-state index in [4.69, 9.17) is 0 Å². The third-order valence-electron chi connectivity index (χ3n) is 4.10. The zero-order valence-electron chi connectivity index (χ0n) is 13.2. The highest BCUT2D eigenvalue weighted by molar-refractivity contribution is 7.16. The van der Waals surface area contributed by atoms with Gasteiger partial charge in [0.2, 0.25) is 0 Å². The Hall–Kier alpha value is -2.61. The van der Waals surface area contributed by atoms with E-state index in [-0.39, 0.29) is 11.9 Å². The van der Waals surface area contributed by atoms with Gasteiger partial charge in [-0.3, -0.25) is 9.48 Å². The summed E-state index contributed by atoms with van der Waals surface area (Å²) in [7, 11) is 1.89. The van der Waals surface area contributed by atoms with E-state index in [9.17, 15) is 4.79 Å². The average Bonchev–Trinajstić information content (AvgIpc) is 3.35. The number of carbonyl (C=O) groups is 1. The van der Waals surface area contributed by atoms with Crippen LogP contribution in [0.1, 0.15) is 34.1 Å². The number of carbonyl (C=O) groups excluding carboxylic acids is 1. The minimum absolute atomic E-state index is 0.0148. The van der Waals surface area contributed by atoms with Crippen molar-refractivity contribution in [1.29, 1.82) is 0 Å². The van der Waals surface area contributed by atoms with Crippen molar-refractivity contribution in [2.24, 2.45) is 7.05 Å². The van der Waals surface area contributed by atoms with Gasteiger partial charge < -0.3 is 4.90 Å². The molecule has 0 aliphatic carbocycles. The first-order chi connectivity index (χ1) is 11.7. The first-order valence-electron chi connectivity index (χ1n) is 7.75. The van der Waals surface area contributed by atoms with E-state index in [1.165, 1.54) is 11.3 Å². The van der Waals surface area contributed by atoms with Gasteiger partial charge in [-0.1, -0.05) is 0 Å². The highest BCUT2D eigenvalue weighted by Crippen LogP contribution is 2.34. The van der Waals surface area contributed by atoms with Gasteiger partial charge in [-0.15, -0.1) is 11.3 Å². The lowest BCUT2D eigenvalue weighted by Gasteiger charge is -2.23. The van der Waals surface area contributed by atoms with Crippen LogP contribution in [0, 0.1) is 0 Å². The predicted octanol–water partition coefficient (Wildman–Crippen LogP) is 2.31. The van der Waals surface area contributed by atoms with Gasteiger partial charge >= 0.3 is 0 Å². The van der Waals surface area contributed by atoms with Crippen LogP contribution in [-0.2, 0) is 7.05 Å². The van der Waals surface area contributed by atoms with E-state index in [0.717, 1.165) is 24.9 Å². The topological polar surface area (TPSA) is 76.8 Å². The number of aromatic nitrogens is 5. The van der Waals surface area contributed by atoms with Gasteiger partial charge in [0.05, 0.1) is 18.4 Å². The molecule has 1 saturated heterocycles. The van der Waals surface area contributed by atoms with Gasteiger partial charge in [-0.25, -0.2) is 15.0 Å². The van der Waals surface area contributed by atoms with Gasteiger partial charge in [-0.05, 0) is 18.9 Å². The molecule has 7 nitrogen and oxygen atoms in total. The molecule has 0 spiro atoms. The highest BCUT2D eigenvalue weighted by atomic mass is 32.1. The molecule has 24 heavy (non-hydrogen) atoms. The van der Waals surface area contributed by atoms with E-state index in [2.05, 4.69) is 20.1 Å². The second-order valence-electron chi connectivity index (χ2n) is 5.71. The lowest BCUT2D eigenvalue weighted by atomic mass is 10.1. The van der Waals surface area contributed by atoms with Crippen molar-refractivity contribution in [3.8, 4) is 10.8 Å². The zero-order chi connectivity index (χ0) is 16.5. The lowest BCUT2D eigenvalue weighted by molar-refractivity contribution is 0.0740. The largest absolute Gasteiger partial charge is 0.331 e. The molecule has 1 aliphatic rings. The number of amides is 1. The summed E-state index contributed by atoms with van der Waals surface area (Å²) in [6.07, 6.45) is 10.7. The molecule has 0 saturated carbocycles. The van der Waals surface area contributed by atoms with Crippen molar-refractivity contribution >= 4 is 17.2 Å². The molecule has 1 aliphatic heterocycles. The third kappa shape index (κ3) is 2.69. The maximum Gasteiger partial charge on any atom is 0.266 e. The highest BCUT2D eigenvalue weighted by Gasteiger charge is 2.32. The normalized spacial score (nSPS) is 17.4. The van der Waals surface area contributed by atoms with Crippen molar-refractivity contribution in [1.82, 2.24) is 29.6 Å². The second-order valence-corrected chi connectivity index (χ2v) is 6.74. The third-order valence-corrected chi connectivity index (χ3v) is 5.08. The van der Waals surface area contributed by atoms with Gasteiger partial charge in [0.1, 0.15) is 4.88 Å². The van der Waals surface area contributed by atoms with Gasteiger partial charge in [-0.2, -0.15) is 5.10 Å². The van der Waals surface area contributed by atoms with Crippen molar-refractivity contribution in [3.05, 3.63) is 47.5 Å². The SMILES string of the molecule is Cn1cc(C2CCCN2C(=O)c2cnc(-c3ncccn3)s2)cn1. The number of likely N-dealkylation sites (tertiary alicyclic amines) is 1. The fourth-order valence-corrected chi connectivity index (χ4v) is 3.82. The molecule has 4 rings (SSSR count). The Morgan fingerprint density at radius 3 is 2.83 bits per heavy atom. The smallest absolute Gasteiger partial charge is 0.266 e. The minimum Gasteiger partial charge on any atom is -0.331 e. The maximum atomic E-state index is 12.9. The van der Waals surface area contributed by atoms with Crippen molar-refractivity contribution < 1.29 is 4.79 Å². The fraction of sp³-hybridized carbons (Fsp3) is 0.312. The fourth-order valence-electron chi connectivity index (χ4n) is 3.00. The molecule has 0 N–H and O–H groups in total. The molecule has 1 fully saturated rings. The zero-order valence-corrected chi connectivity index (χ0v) is 14.0. The molecule has 4 heterocycles. The summed E-state index contributed by atoms with van der Waals surface area (Å²) >= 11 is 1.34. The van der Waals surface area contributed by atoms with E-state index in [1.54, 1.807) is 29.3 Å². The van der Waals surface area contributed by atoms with E-state index < -0.39 is 0 Å². The summed E-state index contributed by atoms with van der Waals surface area (Å²) in [6.45, 7) is 0.757. The van der Waals surface area contributed by atoms with Gasteiger partial charge in [0, 0.05) is 37.7 Å². The van der Waals surface area contributed by atoms with Crippen LogP contribution in [0.15, 0.2) is 37.1 Å². The quantitative estimate of drug-likeness (QED) is 0.731.